The molecule has 0 aliphatic carbocycles. The monoisotopic (exact) mass is 229 g/mol. The Morgan fingerprint density at radius 1 is 1.33 bits per heavy atom. The van der Waals surface area contributed by atoms with Crippen LogP contribution in [0, 0.1) is 0 Å². The van der Waals surface area contributed by atoms with Crippen LogP contribution in [0.3, 0.4) is 0 Å². The lowest BCUT2D eigenvalue weighted by molar-refractivity contribution is -0.429. The van der Waals surface area contributed by atoms with Crippen LogP contribution in [-0.4, -0.2) is 36.3 Å². The Morgan fingerprint density at radius 3 is 2.20 bits per heavy atom. The molecule has 0 aromatic rings. The molecule has 8 heteroatoms. The Morgan fingerprint density at radius 2 is 1.80 bits per heavy atom. The van der Waals surface area contributed by atoms with Gasteiger partial charge in [0.15, 0.2) is 0 Å². The quantitative estimate of drug-likeness (QED) is 0.526. The normalized spacial score (nSPS) is 24.5. The number of hydrogen-bond donors (Lipinski definition) is 0. The molecule has 0 radical (unpaired) electrons. The summed E-state index contributed by atoms with van der Waals surface area (Å²) in [6.45, 7) is 0.496. The van der Waals surface area contributed by atoms with Crippen molar-refractivity contribution in [3.63, 3.8) is 0 Å². The highest BCUT2D eigenvalue weighted by Gasteiger charge is 2.52. The minimum atomic E-state index is -4.07. The van der Waals surface area contributed by atoms with Gasteiger partial charge in [-0.3, -0.25) is 4.74 Å². The molecular weight excluding hydrogens is 222 g/mol. The number of alkyl halides is 4. The number of carbonyl (C=O) groups is 1. The Hall–Kier alpha value is -1.15. The van der Waals surface area contributed by atoms with Crippen molar-refractivity contribution in [2.75, 3.05) is 13.1 Å². The van der Waals surface area contributed by atoms with Crippen LogP contribution in [0.4, 0.5) is 17.6 Å². The minimum Gasteiger partial charge on any atom is -0.364 e. The maximum Gasteiger partial charge on any atom is 0.376 e. The SMILES string of the molecule is C=CC(=O)ON1CC(F)(F)OC(F)(F)C1. The minimum absolute atomic E-state index is 0.132. The Kier molecular flexibility index (Phi) is 3.00. The topological polar surface area (TPSA) is 38.8 Å². The second-order valence-corrected chi connectivity index (χ2v) is 2.79. The Balaban J connectivity index is 2.67. The van der Waals surface area contributed by atoms with Crippen molar-refractivity contribution in [3.8, 4) is 0 Å². The molecule has 0 atom stereocenters. The van der Waals surface area contributed by atoms with Crippen LogP contribution in [0.15, 0.2) is 12.7 Å². The zero-order valence-electron chi connectivity index (χ0n) is 7.38. The summed E-state index contributed by atoms with van der Waals surface area (Å²) in [6, 6.07) is 0. The molecule has 1 heterocycles. The predicted octanol–water partition coefficient (Wildman–Crippen LogP) is 1.15. The number of hydroxylamine groups is 2. The molecule has 0 unspecified atom stereocenters. The fraction of sp³-hybridized carbons (Fsp3) is 0.571. The van der Waals surface area contributed by atoms with Gasteiger partial charge in [-0.1, -0.05) is 6.58 Å². The summed E-state index contributed by atoms with van der Waals surface area (Å²) in [5, 5.41) is 0.132. The molecule has 1 aliphatic rings. The highest BCUT2D eigenvalue weighted by molar-refractivity contribution is 5.80. The Bertz CT molecular complexity index is 265. The van der Waals surface area contributed by atoms with Gasteiger partial charge in [0.2, 0.25) is 0 Å². The van der Waals surface area contributed by atoms with Gasteiger partial charge in [0.1, 0.15) is 13.1 Å². The Labute approximate surface area is 82.0 Å². The molecule has 1 saturated heterocycles. The molecule has 1 fully saturated rings. The molecule has 0 N–H and O–H groups in total. The van der Waals surface area contributed by atoms with Gasteiger partial charge >= 0.3 is 18.2 Å². The third kappa shape index (κ3) is 3.48. The third-order valence-electron chi connectivity index (χ3n) is 1.41. The molecule has 4 nitrogen and oxygen atoms in total. The van der Waals surface area contributed by atoms with E-state index in [9.17, 15) is 22.4 Å². The first-order valence-electron chi connectivity index (χ1n) is 3.79. The van der Waals surface area contributed by atoms with Crippen molar-refractivity contribution < 1.29 is 31.9 Å². The number of ether oxygens (including phenoxy) is 1. The van der Waals surface area contributed by atoms with E-state index in [1.165, 1.54) is 0 Å². The van der Waals surface area contributed by atoms with Crippen LogP contribution in [0.5, 0.6) is 0 Å². The largest absolute Gasteiger partial charge is 0.376 e. The highest BCUT2D eigenvalue weighted by atomic mass is 19.3. The maximum absolute atomic E-state index is 12.5. The van der Waals surface area contributed by atoms with Crippen molar-refractivity contribution in [3.05, 3.63) is 12.7 Å². The first kappa shape index (κ1) is 11.9. The molecule has 1 rings (SSSR count). The molecular formula is C7H7F4NO3. The van der Waals surface area contributed by atoms with E-state index in [-0.39, 0.29) is 5.06 Å². The molecule has 1 aliphatic heterocycles. The van der Waals surface area contributed by atoms with Crippen LogP contribution in [-0.2, 0) is 14.4 Å². The average Bonchev–Trinajstić information content (AvgIpc) is 1.97. The summed E-state index contributed by atoms with van der Waals surface area (Å²) >= 11 is 0. The van der Waals surface area contributed by atoms with Gasteiger partial charge in [-0.25, -0.2) is 4.79 Å². The van der Waals surface area contributed by atoms with Crippen LogP contribution in [0.1, 0.15) is 0 Å². The first-order valence-corrected chi connectivity index (χ1v) is 3.79. The van der Waals surface area contributed by atoms with Gasteiger partial charge in [-0.05, 0) is 0 Å². The molecule has 0 bridgehead atoms. The number of halogens is 4. The molecule has 0 aromatic heterocycles. The van der Waals surface area contributed by atoms with Gasteiger partial charge in [0.05, 0.1) is 0 Å². The second kappa shape index (κ2) is 3.78. The second-order valence-electron chi connectivity index (χ2n) is 2.79. The molecule has 0 saturated carbocycles. The van der Waals surface area contributed by atoms with E-state index in [0.29, 0.717) is 6.08 Å². The smallest absolute Gasteiger partial charge is 0.364 e. The van der Waals surface area contributed by atoms with Gasteiger partial charge in [-0.2, -0.15) is 17.6 Å². The standard InChI is InChI=1S/C7H7F4NO3/c1-2-5(13)14-12-3-6(8,9)15-7(10,11)4-12/h2H,1,3-4H2. The molecule has 86 valence electrons. The third-order valence-corrected chi connectivity index (χ3v) is 1.41. The van der Waals surface area contributed by atoms with Crippen LogP contribution >= 0.6 is 0 Å². The molecule has 15 heavy (non-hydrogen) atoms. The number of carbonyl (C=O) groups excluding carboxylic acids is 1. The highest BCUT2D eigenvalue weighted by Crippen LogP contribution is 2.33. The lowest BCUT2D eigenvalue weighted by atomic mass is 10.4. The predicted molar refractivity (Wildman–Crippen MR) is 38.8 cm³/mol. The van der Waals surface area contributed by atoms with E-state index in [2.05, 4.69) is 16.2 Å². The zero-order chi connectivity index (χ0) is 11.7. The van der Waals surface area contributed by atoms with E-state index in [0.717, 1.165) is 0 Å². The molecule has 0 amide bonds. The molecule has 0 spiro atoms. The molecule has 0 aromatic carbocycles. The summed E-state index contributed by atoms with van der Waals surface area (Å²) in [5.41, 5.74) is 0. The lowest BCUT2D eigenvalue weighted by Gasteiger charge is -2.34. The van der Waals surface area contributed by atoms with Crippen molar-refractivity contribution in [2.24, 2.45) is 0 Å². The van der Waals surface area contributed by atoms with Crippen molar-refractivity contribution >= 4 is 5.97 Å². The van der Waals surface area contributed by atoms with Crippen LogP contribution in [0.2, 0.25) is 0 Å². The van der Waals surface area contributed by atoms with E-state index >= 15 is 0 Å². The van der Waals surface area contributed by atoms with Crippen LogP contribution < -0.4 is 0 Å². The van der Waals surface area contributed by atoms with Crippen molar-refractivity contribution in [1.29, 1.82) is 0 Å². The van der Waals surface area contributed by atoms with E-state index in [4.69, 9.17) is 0 Å². The first-order chi connectivity index (χ1) is 6.74. The number of morpholine rings is 1. The summed E-state index contributed by atoms with van der Waals surface area (Å²) in [4.78, 5) is 14.7. The van der Waals surface area contributed by atoms with Crippen molar-refractivity contribution in [1.82, 2.24) is 5.06 Å². The zero-order valence-corrected chi connectivity index (χ0v) is 7.38. The summed E-state index contributed by atoms with van der Waals surface area (Å²) in [6.07, 6.45) is -7.46. The van der Waals surface area contributed by atoms with Gasteiger partial charge in [0, 0.05) is 6.08 Å². The number of hydrogen-bond acceptors (Lipinski definition) is 4. The van der Waals surface area contributed by atoms with E-state index in [1.807, 2.05) is 0 Å². The van der Waals surface area contributed by atoms with E-state index in [1.54, 1.807) is 0 Å². The van der Waals surface area contributed by atoms with E-state index < -0.39 is 31.3 Å². The van der Waals surface area contributed by atoms with Crippen LogP contribution in [0.25, 0.3) is 0 Å². The number of nitrogens with zero attached hydrogens (tertiary/aromatic N) is 1. The van der Waals surface area contributed by atoms with Gasteiger partial charge < -0.3 is 4.84 Å². The fourth-order valence-electron chi connectivity index (χ4n) is 0.979. The average molecular weight is 229 g/mol. The van der Waals surface area contributed by atoms with Gasteiger partial charge in [-0.15, -0.1) is 5.06 Å². The fourth-order valence-corrected chi connectivity index (χ4v) is 0.979. The van der Waals surface area contributed by atoms with Crippen molar-refractivity contribution in [2.45, 2.75) is 12.2 Å². The summed E-state index contributed by atoms with van der Waals surface area (Å²) < 4.78 is 53.4. The lowest BCUT2D eigenvalue weighted by Crippen LogP contribution is -2.54. The summed E-state index contributed by atoms with van der Waals surface area (Å²) in [5.74, 6) is -1.09. The van der Waals surface area contributed by atoms with Gasteiger partial charge in [0.25, 0.3) is 0 Å². The number of rotatable bonds is 2. The maximum atomic E-state index is 12.5. The summed E-state index contributed by atoms with van der Waals surface area (Å²) in [7, 11) is 0.